The zero-order valence-corrected chi connectivity index (χ0v) is 19.3. The molecule has 5 rings (SSSR count). The second-order valence-electron chi connectivity index (χ2n) is 8.17. The number of fused-ring (bicyclic) bond motifs is 2. The maximum atomic E-state index is 13.8. The van der Waals surface area contributed by atoms with Crippen molar-refractivity contribution in [1.82, 2.24) is 0 Å². The van der Waals surface area contributed by atoms with Gasteiger partial charge < -0.3 is 9.15 Å². The van der Waals surface area contributed by atoms with Gasteiger partial charge in [0, 0.05) is 10.7 Å². The van der Waals surface area contributed by atoms with E-state index < -0.39 is 6.04 Å². The summed E-state index contributed by atoms with van der Waals surface area (Å²) in [5.74, 6) is 0.345. The molecule has 33 heavy (non-hydrogen) atoms. The first kappa shape index (κ1) is 21.3. The Morgan fingerprint density at radius 1 is 1.00 bits per heavy atom. The molecule has 1 amide bonds. The van der Waals surface area contributed by atoms with Crippen LogP contribution in [0, 0.1) is 13.8 Å². The van der Waals surface area contributed by atoms with Gasteiger partial charge in [0.1, 0.15) is 11.3 Å². The fraction of sp³-hybridized carbons (Fsp3) is 0.185. The predicted molar refractivity (Wildman–Crippen MR) is 130 cm³/mol. The maximum absolute atomic E-state index is 13.8. The molecule has 0 aliphatic carbocycles. The third kappa shape index (κ3) is 3.49. The van der Waals surface area contributed by atoms with Crippen molar-refractivity contribution in [3.05, 3.63) is 104 Å². The Hall–Kier alpha value is -3.57. The molecule has 166 valence electrons. The standard InChI is InChI=1S/C27H22ClNO4/c1-4-32-20-10-5-7-17(13-20)24-23-25(30)21-11-15(2)16(3)12-22(21)33-26(23)27(31)29(24)19-9-6-8-18(28)14-19/h5-14,24H,4H2,1-3H3. The highest BCUT2D eigenvalue weighted by Gasteiger charge is 2.43. The molecule has 0 radical (unpaired) electrons. The van der Waals surface area contributed by atoms with Crippen LogP contribution in [-0.2, 0) is 0 Å². The lowest BCUT2D eigenvalue weighted by atomic mass is 9.97. The molecular formula is C27H22ClNO4. The fourth-order valence-corrected chi connectivity index (χ4v) is 4.56. The topological polar surface area (TPSA) is 59.8 Å². The van der Waals surface area contributed by atoms with Crippen LogP contribution in [0.5, 0.6) is 5.75 Å². The van der Waals surface area contributed by atoms with Gasteiger partial charge in [0.05, 0.1) is 23.6 Å². The molecule has 1 unspecified atom stereocenters. The highest BCUT2D eigenvalue weighted by molar-refractivity contribution is 6.31. The minimum atomic E-state index is -0.673. The summed E-state index contributed by atoms with van der Waals surface area (Å²) in [6.07, 6.45) is 0. The van der Waals surface area contributed by atoms with E-state index in [1.54, 1.807) is 29.2 Å². The van der Waals surface area contributed by atoms with Crippen molar-refractivity contribution in [2.24, 2.45) is 0 Å². The molecule has 4 aromatic rings. The molecule has 0 N–H and O–H groups in total. The summed E-state index contributed by atoms with van der Waals surface area (Å²) in [4.78, 5) is 29.0. The predicted octanol–water partition coefficient (Wildman–Crippen LogP) is 6.21. The van der Waals surface area contributed by atoms with E-state index in [2.05, 4.69) is 0 Å². The van der Waals surface area contributed by atoms with Crippen molar-refractivity contribution in [2.75, 3.05) is 11.5 Å². The molecule has 0 fully saturated rings. The molecule has 2 heterocycles. The van der Waals surface area contributed by atoms with E-state index in [1.807, 2.05) is 57.2 Å². The molecule has 0 spiro atoms. The van der Waals surface area contributed by atoms with Crippen molar-refractivity contribution in [3.63, 3.8) is 0 Å². The van der Waals surface area contributed by atoms with Crippen LogP contribution in [-0.4, -0.2) is 12.5 Å². The van der Waals surface area contributed by atoms with E-state index in [-0.39, 0.29) is 17.1 Å². The van der Waals surface area contributed by atoms with Crippen molar-refractivity contribution < 1.29 is 13.9 Å². The summed E-state index contributed by atoms with van der Waals surface area (Å²) in [5.41, 5.74) is 3.84. The lowest BCUT2D eigenvalue weighted by Gasteiger charge is -2.25. The smallest absolute Gasteiger partial charge is 0.295 e. The summed E-state index contributed by atoms with van der Waals surface area (Å²) < 4.78 is 11.8. The van der Waals surface area contributed by atoms with Crippen molar-refractivity contribution in [2.45, 2.75) is 26.8 Å². The molecule has 0 bridgehead atoms. The van der Waals surface area contributed by atoms with E-state index >= 15 is 0 Å². The number of carbonyl (C=O) groups excluding carboxylic acids is 1. The number of nitrogens with zero attached hydrogens (tertiary/aromatic N) is 1. The number of halogens is 1. The van der Waals surface area contributed by atoms with Crippen LogP contribution >= 0.6 is 11.6 Å². The highest BCUT2D eigenvalue weighted by atomic mass is 35.5. The second kappa shape index (κ2) is 8.09. The minimum absolute atomic E-state index is 0.0579. The molecule has 0 saturated heterocycles. The van der Waals surface area contributed by atoms with Gasteiger partial charge in [-0.15, -0.1) is 0 Å². The van der Waals surface area contributed by atoms with E-state index in [1.165, 1.54) is 0 Å². The fourth-order valence-electron chi connectivity index (χ4n) is 4.38. The van der Waals surface area contributed by atoms with Crippen LogP contribution in [0.3, 0.4) is 0 Å². The summed E-state index contributed by atoms with van der Waals surface area (Å²) in [5, 5.41) is 0.956. The highest BCUT2D eigenvalue weighted by Crippen LogP contribution is 2.42. The average molecular weight is 460 g/mol. The van der Waals surface area contributed by atoms with Crippen molar-refractivity contribution in [1.29, 1.82) is 0 Å². The lowest BCUT2D eigenvalue weighted by Crippen LogP contribution is -2.29. The van der Waals surface area contributed by atoms with Gasteiger partial charge in [-0.1, -0.05) is 29.8 Å². The van der Waals surface area contributed by atoms with E-state index in [0.29, 0.717) is 39.6 Å². The SMILES string of the molecule is CCOc1cccc(C2c3c(oc4cc(C)c(C)cc4c3=O)C(=O)N2c2cccc(Cl)c2)c1. The third-order valence-electron chi connectivity index (χ3n) is 6.06. The zero-order valence-electron chi connectivity index (χ0n) is 18.5. The van der Waals surface area contributed by atoms with Gasteiger partial charge in [-0.25, -0.2) is 0 Å². The first-order chi connectivity index (χ1) is 15.9. The number of anilines is 1. The number of aryl methyl sites for hydroxylation is 2. The zero-order chi connectivity index (χ0) is 23.3. The second-order valence-corrected chi connectivity index (χ2v) is 8.61. The van der Waals surface area contributed by atoms with Gasteiger partial charge >= 0.3 is 0 Å². The number of hydrogen-bond donors (Lipinski definition) is 0. The summed E-state index contributed by atoms with van der Waals surface area (Å²) in [6, 6.07) is 17.5. The number of rotatable bonds is 4. The number of benzene rings is 3. The first-order valence-corrected chi connectivity index (χ1v) is 11.2. The molecule has 5 nitrogen and oxygen atoms in total. The van der Waals surface area contributed by atoms with E-state index in [9.17, 15) is 9.59 Å². The van der Waals surface area contributed by atoms with E-state index in [4.69, 9.17) is 20.8 Å². The summed E-state index contributed by atoms with van der Waals surface area (Å²) >= 11 is 6.25. The Morgan fingerprint density at radius 2 is 1.76 bits per heavy atom. The average Bonchev–Trinajstić information content (AvgIpc) is 3.08. The Labute approximate surface area is 196 Å². The van der Waals surface area contributed by atoms with Gasteiger partial charge in [-0.05, 0) is 79.9 Å². The molecule has 1 atom stereocenters. The third-order valence-corrected chi connectivity index (χ3v) is 6.29. The van der Waals surface area contributed by atoms with Gasteiger partial charge in [-0.2, -0.15) is 0 Å². The van der Waals surface area contributed by atoms with E-state index in [0.717, 1.165) is 16.7 Å². The largest absolute Gasteiger partial charge is 0.494 e. The van der Waals surface area contributed by atoms with Crippen LogP contribution in [0.1, 0.15) is 45.8 Å². The maximum Gasteiger partial charge on any atom is 0.295 e. The lowest BCUT2D eigenvalue weighted by molar-refractivity contribution is 0.0971. The number of carbonyl (C=O) groups is 1. The van der Waals surface area contributed by atoms with Gasteiger partial charge in [0.25, 0.3) is 5.91 Å². The summed E-state index contributed by atoms with van der Waals surface area (Å²) in [6.45, 7) is 6.31. The van der Waals surface area contributed by atoms with Crippen LogP contribution in [0.25, 0.3) is 11.0 Å². The van der Waals surface area contributed by atoms with Gasteiger partial charge in [0.2, 0.25) is 5.76 Å². The van der Waals surface area contributed by atoms with Crippen molar-refractivity contribution >= 4 is 34.2 Å². The normalized spacial score (nSPS) is 15.2. The Balaban J connectivity index is 1.81. The van der Waals surface area contributed by atoms with Crippen LogP contribution in [0.2, 0.25) is 5.02 Å². The Bertz CT molecular complexity index is 1470. The minimum Gasteiger partial charge on any atom is -0.494 e. The number of ether oxygens (including phenoxy) is 1. The molecule has 1 aliphatic rings. The van der Waals surface area contributed by atoms with Crippen LogP contribution in [0.15, 0.2) is 69.9 Å². The Morgan fingerprint density at radius 3 is 2.52 bits per heavy atom. The quantitative estimate of drug-likeness (QED) is 0.364. The van der Waals surface area contributed by atoms with Crippen molar-refractivity contribution in [3.8, 4) is 5.75 Å². The number of amides is 1. The van der Waals surface area contributed by atoms with Gasteiger partial charge in [0.15, 0.2) is 5.43 Å². The van der Waals surface area contributed by atoms with Gasteiger partial charge in [-0.3, -0.25) is 14.5 Å². The number of hydrogen-bond acceptors (Lipinski definition) is 4. The molecule has 1 aromatic heterocycles. The molecule has 6 heteroatoms. The van der Waals surface area contributed by atoms with Crippen LogP contribution in [0.4, 0.5) is 5.69 Å². The Kier molecular flexibility index (Phi) is 5.22. The first-order valence-electron chi connectivity index (χ1n) is 10.8. The molecule has 0 saturated carbocycles. The monoisotopic (exact) mass is 459 g/mol. The molecular weight excluding hydrogens is 438 g/mol. The summed E-state index contributed by atoms with van der Waals surface area (Å²) in [7, 11) is 0. The van der Waals surface area contributed by atoms with Crippen LogP contribution < -0.4 is 15.1 Å². The molecule has 3 aromatic carbocycles. The molecule has 1 aliphatic heterocycles.